The number of rotatable bonds is 4. The van der Waals surface area contributed by atoms with Crippen LogP contribution in [0.25, 0.3) is 5.65 Å². The quantitative estimate of drug-likeness (QED) is 0.906. The molecule has 6 heteroatoms. The molecule has 20 heavy (non-hydrogen) atoms. The van der Waals surface area contributed by atoms with Gasteiger partial charge in [-0.25, -0.2) is 9.78 Å². The van der Waals surface area contributed by atoms with E-state index >= 15 is 0 Å². The van der Waals surface area contributed by atoms with Crippen LogP contribution < -0.4 is 5.32 Å². The number of anilines is 1. The fourth-order valence-corrected chi connectivity index (χ4v) is 3.58. The predicted molar refractivity (Wildman–Crippen MR) is 80.7 cm³/mol. The number of hydrogen-bond acceptors (Lipinski definition) is 4. The molecule has 0 radical (unpaired) electrons. The second-order valence-electron chi connectivity index (χ2n) is 5.06. The van der Waals surface area contributed by atoms with Crippen LogP contribution in [0.2, 0.25) is 0 Å². The van der Waals surface area contributed by atoms with Gasteiger partial charge in [0.05, 0.1) is 0 Å². The molecule has 3 rings (SSSR count). The molecule has 2 heterocycles. The molecule has 0 aliphatic heterocycles. The van der Waals surface area contributed by atoms with E-state index in [-0.39, 0.29) is 5.69 Å². The first-order valence-electron chi connectivity index (χ1n) is 6.68. The Hall–Kier alpha value is -1.69. The molecule has 2 unspecified atom stereocenters. The summed E-state index contributed by atoms with van der Waals surface area (Å²) < 4.78 is 1.62. The number of imidazole rings is 1. The van der Waals surface area contributed by atoms with E-state index in [9.17, 15) is 9.90 Å². The van der Waals surface area contributed by atoms with E-state index < -0.39 is 5.97 Å². The second-order valence-corrected chi connectivity index (χ2v) is 6.19. The number of aromatic carboxylic acids is 1. The Balaban J connectivity index is 1.91. The molecular formula is C14H17N3O2S. The molecule has 0 spiro atoms. The molecule has 1 fully saturated rings. The lowest BCUT2D eigenvalue weighted by atomic mass is 10.2. The summed E-state index contributed by atoms with van der Waals surface area (Å²) in [7, 11) is 0. The predicted octanol–water partition coefficient (Wildman–Crippen LogP) is 2.73. The number of hydrogen-bond donors (Lipinski definition) is 2. The fourth-order valence-electron chi connectivity index (χ4n) is 2.78. The van der Waals surface area contributed by atoms with Crippen molar-refractivity contribution in [3.05, 3.63) is 30.1 Å². The van der Waals surface area contributed by atoms with Gasteiger partial charge in [0.25, 0.3) is 0 Å². The summed E-state index contributed by atoms with van der Waals surface area (Å²) in [6, 6.07) is 5.80. The Bertz CT molecular complexity index is 640. The van der Waals surface area contributed by atoms with E-state index in [0.29, 0.717) is 22.8 Å². The van der Waals surface area contributed by atoms with Crippen molar-refractivity contribution in [2.24, 2.45) is 0 Å². The molecule has 2 N–H and O–H groups in total. The third kappa shape index (κ3) is 2.35. The highest BCUT2D eigenvalue weighted by molar-refractivity contribution is 7.99. The zero-order valence-electron chi connectivity index (χ0n) is 11.2. The molecular weight excluding hydrogens is 274 g/mol. The summed E-state index contributed by atoms with van der Waals surface area (Å²) in [6.45, 7) is 0. The minimum absolute atomic E-state index is 0.216. The monoisotopic (exact) mass is 291 g/mol. The number of carbonyl (C=O) groups is 1. The van der Waals surface area contributed by atoms with Crippen LogP contribution in [-0.4, -0.2) is 38.0 Å². The first-order chi connectivity index (χ1) is 9.69. The largest absolute Gasteiger partial charge is 0.476 e. The molecule has 5 nitrogen and oxygen atoms in total. The smallest absolute Gasteiger partial charge is 0.356 e. The number of thioether (sulfide) groups is 1. The van der Waals surface area contributed by atoms with Crippen LogP contribution in [0.15, 0.2) is 24.4 Å². The Labute approximate surface area is 121 Å². The number of fused-ring (bicyclic) bond motifs is 1. The van der Waals surface area contributed by atoms with Crippen molar-refractivity contribution in [3.8, 4) is 0 Å². The summed E-state index contributed by atoms with van der Waals surface area (Å²) in [5.41, 5.74) is 0.875. The van der Waals surface area contributed by atoms with Gasteiger partial charge in [-0.3, -0.25) is 4.40 Å². The molecule has 1 aliphatic carbocycles. The zero-order valence-corrected chi connectivity index (χ0v) is 12.1. The Morgan fingerprint density at radius 1 is 1.50 bits per heavy atom. The SMILES string of the molecule is CSC1CCC(Nc2nc3ccccn3c2C(=O)O)C1. The van der Waals surface area contributed by atoms with Crippen molar-refractivity contribution in [2.75, 3.05) is 11.6 Å². The number of carboxylic acid groups (broad SMARTS) is 1. The van der Waals surface area contributed by atoms with E-state index in [1.807, 2.05) is 30.0 Å². The number of nitrogens with zero attached hydrogens (tertiary/aromatic N) is 2. The van der Waals surface area contributed by atoms with Gasteiger partial charge in [0.2, 0.25) is 0 Å². The minimum Gasteiger partial charge on any atom is -0.476 e. The molecule has 106 valence electrons. The highest BCUT2D eigenvalue weighted by Gasteiger charge is 2.27. The molecule has 0 bridgehead atoms. The highest BCUT2D eigenvalue weighted by Crippen LogP contribution is 2.31. The van der Waals surface area contributed by atoms with Gasteiger partial charge in [0, 0.05) is 17.5 Å². The average molecular weight is 291 g/mol. The molecule has 2 aromatic rings. The summed E-state index contributed by atoms with van der Waals surface area (Å²) in [5.74, 6) is -0.471. The fraction of sp³-hybridized carbons (Fsp3) is 0.429. The van der Waals surface area contributed by atoms with Crippen molar-refractivity contribution in [1.82, 2.24) is 9.38 Å². The van der Waals surface area contributed by atoms with Crippen LogP contribution in [0.3, 0.4) is 0 Å². The van der Waals surface area contributed by atoms with Crippen molar-refractivity contribution >= 4 is 29.2 Å². The maximum Gasteiger partial charge on any atom is 0.356 e. The van der Waals surface area contributed by atoms with Crippen molar-refractivity contribution in [2.45, 2.75) is 30.6 Å². The summed E-state index contributed by atoms with van der Waals surface area (Å²) >= 11 is 1.88. The normalized spacial score (nSPS) is 22.2. The number of aromatic nitrogens is 2. The van der Waals surface area contributed by atoms with Crippen LogP contribution in [0, 0.1) is 0 Å². The van der Waals surface area contributed by atoms with Gasteiger partial charge in [0.15, 0.2) is 11.5 Å². The van der Waals surface area contributed by atoms with Gasteiger partial charge in [0.1, 0.15) is 5.65 Å². The first kappa shape index (κ1) is 13.3. The maximum absolute atomic E-state index is 11.5. The zero-order chi connectivity index (χ0) is 14.1. The molecule has 1 saturated carbocycles. The average Bonchev–Trinajstić information content (AvgIpc) is 3.02. The molecule has 1 aliphatic rings. The third-order valence-electron chi connectivity index (χ3n) is 3.79. The van der Waals surface area contributed by atoms with Gasteiger partial charge >= 0.3 is 5.97 Å². The lowest BCUT2D eigenvalue weighted by Gasteiger charge is -2.12. The summed E-state index contributed by atoms with van der Waals surface area (Å²) in [5, 5.41) is 13.4. The Morgan fingerprint density at radius 3 is 3.05 bits per heavy atom. The maximum atomic E-state index is 11.5. The first-order valence-corrected chi connectivity index (χ1v) is 7.97. The number of pyridine rings is 1. The van der Waals surface area contributed by atoms with Gasteiger partial charge in [-0.2, -0.15) is 11.8 Å². The Morgan fingerprint density at radius 2 is 2.35 bits per heavy atom. The van der Waals surface area contributed by atoms with Crippen LogP contribution in [0.5, 0.6) is 0 Å². The Kier molecular flexibility index (Phi) is 3.56. The summed E-state index contributed by atoms with van der Waals surface area (Å²) in [6.07, 6.45) is 7.16. The molecule has 0 aromatic carbocycles. The van der Waals surface area contributed by atoms with Crippen molar-refractivity contribution < 1.29 is 9.90 Å². The molecule has 2 aromatic heterocycles. The molecule has 2 atom stereocenters. The van der Waals surface area contributed by atoms with Crippen LogP contribution in [0.4, 0.5) is 5.82 Å². The van der Waals surface area contributed by atoms with Crippen molar-refractivity contribution in [1.29, 1.82) is 0 Å². The molecule has 0 saturated heterocycles. The third-order valence-corrected chi connectivity index (χ3v) is 4.89. The van der Waals surface area contributed by atoms with E-state index in [1.54, 1.807) is 10.6 Å². The van der Waals surface area contributed by atoms with E-state index in [4.69, 9.17) is 0 Å². The minimum atomic E-state index is -0.953. The van der Waals surface area contributed by atoms with Gasteiger partial charge in [-0.15, -0.1) is 0 Å². The van der Waals surface area contributed by atoms with Gasteiger partial charge in [-0.1, -0.05) is 6.07 Å². The second kappa shape index (κ2) is 5.36. The number of carboxylic acids is 1. The molecule has 0 amide bonds. The number of nitrogens with one attached hydrogen (secondary N) is 1. The van der Waals surface area contributed by atoms with Gasteiger partial charge < -0.3 is 10.4 Å². The van der Waals surface area contributed by atoms with E-state index in [1.165, 1.54) is 6.42 Å². The standard InChI is InChI=1S/C14H17N3O2S/c1-20-10-6-5-9(8-10)15-13-12(14(18)19)17-7-3-2-4-11(17)16-13/h2-4,7,9-10,15H,5-6,8H2,1H3,(H,18,19). The van der Waals surface area contributed by atoms with Crippen LogP contribution in [0.1, 0.15) is 29.8 Å². The highest BCUT2D eigenvalue weighted by atomic mass is 32.2. The summed E-state index contributed by atoms with van der Waals surface area (Å²) in [4.78, 5) is 15.9. The van der Waals surface area contributed by atoms with E-state index in [2.05, 4.69) is 16.6 Å². The van der Waals surface area contributed by atoms with Crippen molar-refractivity contribution in [3.63, 3.8) is 0 Å². The lowest BCUT2D eigenvalue weighted by Crippen LogP contribution is -2.18. The van der Waals surface area contributed by atoms with Crippen LogP contribution in [-0.2, 0) is 0 Å². The van der Waals surface area contributed by atoms with Gasteiger partial charge in [-0.05, 0) is 37.7 Å². The van der Waals surface area contributed by atoms with E-state index in [0.717, 1.165) is 12.8 Å². The lowest BCUT2D eigenvalue weighted by molar-refractivity contribution is 0.0690. The topological polar surface area (TPSA) is 66.6 Å². The van der Waals surface area contributed by atoms with Crippen LogP contribution >= 0.6 is 11.8 Å².